The van der Waals surface area contributed by atoms with E-state index in [-0.39, 0.29) is 17.7 Å². The van der Waals surface area contributed by atoms with Crippen molar-refractivity contribution < 1.29 is 9.59 Å². The van der Waals surface area contributed by atoms with Gasteiger partial charge in [-0.3, -0.25) is 9.59 Å². The highest BCUT2D eigenvalue weighted by atomic mass is 16.2. The van der Waals surface area contributed by atoms with Crippen LogP contribution in [0.2, 0.25) is 0 Å². The first kappa shape index (κ1) is 25.2. The zero-order chi connectivity index (χ0) is 26.6. The summed E-state index contributed by atoms with van der Waals surface area (Å²) in [6, 6.07) is 19.6. The summed E-state index contributed by atoms with van der Waals surface area (Å²) in [5, 5.41) is 16.4. The molecule has 0 aliphatic heterocycles. The summed E-state index contributed by atoms with van der Waals surface area (Å²) in [5.74, 6) is -0.0680. The van der Waals surface area contributed by atoms with Crippen molar-refractivity contribution >= 4 is 28.7 Å². The minimum Gasteiger partial charge on any atom is -0.325 e. The molecule has 5 rings (SSSR count). The number of rotatable bonds is 6. The molecule has 1 aliphatic rings. The Kier molecular flexibility index (Phi) is 7.20. The smallest absolute Gasteiger partial charge is 0.258 e. The van der Waals surface area contributed by atoms with Crippen LogP contribution in [0.1, 0.15) is 48.0 Å². The van der Waals surface area contributed by atoms with Crippen LogP contribution in [0, 0.1) is 17.2 Å². The van der Waals surface area contributed by atoms with Crippen molar-refractivity contribution in [3.8, 4) is 17.2 Å². The van der Waals surface area contributed by atoms with Crippen LogP contribution < -0.4 is 16.0 Å². The molecule has 8 heteroatoms. The molecule has 1 saturated carbocycles. The van der Waals surface area contributed by atoms with Crippen molar-refractivity contribution in [3.05, 3.63) is 84.2 Å². The Labute approximate surface area is 221 Å². The quantitative estimate of drug-likeness (QED) is 0.382. The van der Waals surface area contributed by atoms with Crippen LogP contribution in [-0.2, 0) is 4.79 Å². The molecule has 1 aliphatic carbocycles. The topological polar surface area (TPSA) is 117 Å². The third-order valence-corrected chi connectivity index (χ3v) is 7.38. The molecule has 3 N–H and O–H groups in total. The van der Waals surface area contributed by atoms with Crippen molar-refractivity contribution in [3.63, 3.8) is 0 Å². The number of pyridine rings is 1. The van der Waals surface area contributed by atoms with Crippen LogP contribution in [0.4, 0.5) is 11.4 Å². The number of nitrogens with one attached hydrogen (secondary N) is 1. The lowest BCUT2D eigenvalue weighted by Crippen LogP contribution is -2.42. The Hall–Kier alpha value is -4.48. The van der Waals surface area contributed by atoms with Crippen molar-refractivity contribution in [2.75, 3.05) is 17.3 Å². The molecule has 2 heterocycles. The molecule has 1 atom stereocenters. The summed E-state index contributed by atoms with van der Waals surface area (Å²) in [7, 11) is 1.71. The molecule has 2 amide bonds. The lowest BCUT2D eigenvalue weighted by atomic mass is 9.84. The van der Waals surface area contributed by atoms with Gasteiger partial charge in [0.25, 0.3) is 5.91 Å². The average Bonchev–Trinajstić information content (AvgIpc) is 3.40. The molecule has 0 bridgehead atoms. The van der Waals surface area contributed by atoms with E-state index >= 15 is 0 Å². The van der Waals surface area contributed by atoms with Gasteiger partial charge in [0.1, 0.15) is 0 Å². The van der Waals surface area contributed by atoms with E-state index in [4.69, 9.17) is 11.0 Å². The summed E-state index contributed by atoms with van der Waals surface area (Å²) >= 11 is 0. The fourth-order valence-electron chi connectivity index (χ4n) is 5.07. The van der Waals surface area contributed by atoms with Crippen LogP contribution in [-0.4, -0.2) is 34.5 Å². The Morgan fingerprint density at radius 3 is 2.47 bits per heavy atom. The van der Waals surface area contributed by atoms with E-state index in [1.54, 1.807) is 59.2 Å². The lowest BCUT2D eigenvalue weighted by Gasteiger charge is -2.26. The molecule has 0 spiro atoms. The summed E-state index contributed by atoms with van der Waals surface area (Å²) < 4.78 is 1.73. The largest absolute Gasteiger partial charge is 0.325 e. The SMILES string of the molecule is CN(C(=O)c1ccn2ncc(-c3ccc(NC(=O)[C@@H](N)C4CCCCC4)cc3)c2c1)c1ccc(C#N)cc1. The highest BCUT2D eigenvalue weighted by Gasteiger charge is 2.26. The molecule has 0 saturated heterocycles. The molecule has 192 valence electrons. The monoisotopic (exact) mass is 506 g/mol. The van der Waals surface area contributed by atoms with Gasteiger partial charge >= 0.3 is 0 Å². The van der Waals surface area contributed by atoms with Gasteiger partial charge in [0.2, 0.25) is 5.91 Å². The van der Waals surface area contributed by atoms with Gasteiger partial charge in [-0.1, -0.05) is 31.4 Å². The number of hydrogen-bond donors (Lipinski definition) is 2. The number of nitrogens with zero attached hydrogens (tertiary/aromatic N) is 4. The first-order chi connectivity index (χ1) is 18.4. The number of nitrogens with two attached hydrogens (primary N) is 1. The van der Waals surface area contributed by atoms with Gasteiger partial charge in [0.05, 0.1) is 29.4 Å². The van der Waals surface area contributed by atoms with Gasteiger partial charge < -0.3 is 16.0 Å². The van der Waals surface area contributed by atoms with E-state index in [1.807, 2.05) is 30.3 Å². The number of aromatic nitrogens is 2. The number of benzene rings is 2. The lowest BCUT2D eigenvalue weighted by molar-refractivity contribution is -0.118. The van der Waals surface area contributed by atoms with Gasteiger partial charge in [-0.15, -0.1) is 0 Å². The average molecular weight is 507 g/mol. The molecule has 2 aromatic carbocycles. The first-order valence-electron chi connectivity index (χ1n) is 12.9. The zero-order valence-corrected chi connectivity index (χ0v) is 21.3. The molecular formula is C30H30N6O2. The minimum atomic E-state index is -0.493. The third-order valence-electron chi connectivity index (χ3n) is 7.38. The van der Waals surface area contributed by atoms with Crippen molar-refractivity contribution in [1.29, 1.82) is 5.26 Å². The van der Waals surface area contributed by atoms with Gasteiger partial charge in [0.15, 0.2) is 0 Å². The predicted octanol–water partition coefficient (Wildman–Crippen LogP) is 5.00. The van der Waals surface area contributed by atoms with Gasteiger partial charge in [-0.25, -0.2) is 4.52 Å². The van der Waals surface area contributed by atoms with E-state index in [9.17, 15) is 9.59 Å². The number of carbonyl (C=O) groups is 2. The molecule has 0 unspecified atom stereocenters. The van der Waals surface area contributed by atoms with Crippen LogP contribution in [0.3, 0.4) is 0 Å². The van der Waals surface area contributed by atoms with Crippen LogP contribution in [0.5, 0.6) is 0 Å². The number of fused-ring (bicyclic) bond motifs is 1. The predicted molar refractivity (Wildman–Crippen MR) is 148 cm³/mol. The van der Waals surface area contributed by atoms with Crippen LogP contribution in [0.15, 0.2) is 73.1 Å². The first-order valence-corrected chi connectivity index (χ1v) is 12.9. The Balaban J connectivity index is 1.33. The molecule has 4 aromatic rings. The maximum Gasteiger partial charge on any atom is 0.258 e. The molecule has 1 fully saturated rings. The maximum absolute atomic E-state index is 13.2. The maximum atomic E-state index is 13.2. The van der Waals surface area contributed by atoms with Gasteiger partial charge in [-0.2, -0.15) is 10.4 Å². The Morgan fingerprint density at radius 1 is 1.08 bits per heavy atom. The highest BCUT2D eigenvalue weighted by Crippen LogP contribution is 2.29. The van der Waals surface area contributed by atoms with Crippen LogP contribution >= 0.6 is 0 Å². The van der Waals surface area contributed by atoms with Crippen molar-refractivity contribution in [2.45, 2.75) is 38.1 Å². The zero-order valence-electron chi connectivity index (χ0n) is 21.3. The number of carbonyl (C=O) groups excluding carboxylic acids is 2. The van der Waals surface area contributed by atoms with E-state index in [2.05, 4.69) is 16.5 Å². The number of anilines is 2. The van der Waals surface area contributed by atoms with Gasteiger partial charge in [0, 0.05) is 35.7 Å². The van der Waals surface area contributed by atoms with E-state index in [0.717, 1.165) is 42.3 Å². The Bertz CT molecular complexity index is 1490. The van der Waals surface area contributed by atoms with E-state index < -0.39 is 6.04 Å². The second-order valence-corrected chi connectivity index (χ2v) is 9.82. The van der Waals surface area contributed by atoms with Crippen molar-refractivity contribution in [2.24, 2.45) is 11.7 Å². The number of amides is 2. The summed E-state index contributed by atoms with van der Waals surface area (Å²) in [4.78, 5) is 27.5. The normalized spacial score (nSPS) is 14.6. The molecule has 8 nitrogen and oxygen atoms in total. The summed E-state index contributed by atoms with van der Waals surface area (Å²) in [6.07, 6.45) is 9.05. The molecular weight excluding hydrogens is 476 g/mol. The molecule has 0 radical (unpaired) electrons. The van der Waals surface area contributed by atoms with E-state index in [0.29, 0.717) is 22.5 Å². The minimum absolute atomic E-state index is 0.143. The van der Waals surface area contributed by atoms with Crippen molar-refractivity contribution in [1.82, 2.24) is 9.61 Å². The molecule has 38 heavy (non-hydrogen) atoms. The number of hydrogen-bond acceptors (Lipinski definition) is 5. The summed E-state index contributed by atoms with van der Waals surface area (Å²) in [5.41, 5.74) is 11.3. The molecule has 2 aromatic heterocycles. The number of nitriles is 1. The fourth-order valence-corrected chi connectivity index (χ4v) is 5.07. The Morgan fingerprint density at radius 2 is 1.79 bits per heavy atom. The second-order valence-electron chi connectivity index (χ2n) is 9.82. The third kappa shape index (κ3) is 5.15. The highest BCUT2D eigenvalue weighted by molar-refractivity contribution is 6.06. The standard InChI is InChI=1S/C30H30N6O2/c1-35(25-13-7-20(18-31)8-14-25)30(38)23-15-16-36-27(17-23)26(19-33-36)21-9-11-24(12-10-21)34-29(37)28(32)22-5-3-2-4-6-22/h7-17,19,22,28H,2-6,32H2,1H3,(H,34,37)/t28-/m0/s1. The second kappa shape index (κ2) is 10.9. The van der Waals surface area contributed by atoms with Crippen LogP contribution in [0.25, 0.3) is 16.6 Å². The fraction of sp³-hybridized carbons (Fsp3) is 0.267. The van der Waals surface area contributed by atoms with Gasteiger partial charge in [-0.05, 0) is 72.9 Å². The summed E-state index contributed by atoms with van der Waals surface area (Å²) in [6.45, 7) is 0. The van der Waals surface area contributed by atoms with E-state index in [1.165, 1.54) is 6.42 Å².